The first-order valence-electron chi connectivity index (χ1n) is 3.78. The Morgan fingerprint density at radius 3 is 1.67 bits per heavy atom. The largest absolute Gasteiger partial charge is 0.481 e. The Morgan fingerprint density at radius 1 is 1.25 bits per heavy atom. The van der Waals surface area contributed by atoms with Crippen LogP contribution in [0.2, 0.25) is 0 Å². The molecule has 0 aliphatic heterocycles. The van der Waals surface area contributed by atoms with Gasteiger partial charge < -0.3 is 10.2 Å². The lowest BCUT2D eigenvalue weighted by molar-refractivity contribution is -0.160. The molecule has 2 N–H and O–H groups in total. The molecular formula is C8H14O4. The number of carboxylic acid groups (broad SMARTS) is 2. The summed E-state index contributed by atoms with van der Waals surface area (Å²) in [5, 5.41) is 17.3. The molecule has 0 fully saturated rings. The minimum atomic E-state index is -1.32. The van der Waals surface area contributed by atoms with Crippen LogP contribution in [0.3, 0.4) is 0 Å². The van der Waals surface area contributed by atoms with Crippen molar-refractivity contribution < 1.29 is 19.8 Å². The highest BCUT2D eigenvalue weighted by Crippen LogP contribution is 2.30. The molecule has 4 heteroatoms. The molecule has 0 aromatic rings. The van der Waals surface area contributed by atoms with Gasteiger partial charge in [-0.15, -0.1) is 0 Å². The number of carboxylic acids is 2. The van der Waals surface area contributed by atoms with Gasteiger partial charge in [0.1, 0.15) is 0 Å². The molecule has 0 radical (unpaired) electrons. The number of aliphatic carboxylic acids is 2. The molecule has 0 bridgehead atoms. The maximum Gasteiger partial charge on any atom is 0.318 e. The number of hydrogen-bond donors (Lipinski definition) is 2. The van der Waals surface area contributed by atoms with E-state index in [4.69, 9.17) is 10.2 Å². The van der Waals surface area contributed by atoms with E-state index in [0.29, 0.717) is 6.42 Å². The van der Waals surface area contributed by atoms with Crippen molar-refractivity contribution >= 4 is 11.9 Å². The van der Waals surface area contributed by atoms with E-state index in [9.17, 15) is 9.59 Å². The van der Waals surface area contributed by atoms with Gasteiger partial charge in [-0.3, -0.25) is 9.59 Å². The zero-order valence-corrected chi connectivity index (χ0v) is 7.50. The number of rotatable bonds is 4. The predicted molar refractivity (Wildman–Crippen MR) is 42.8 cm³/mol. The average molecular weight is 174 g/mol. The summed E-state index contributed by atoms with van der Waals surface area (Å²) in [7, 11) is 0. The molecule has 0 spiro atoms. The highest BCUT2D eigenvalue weighted by atomic mass is 16.4. The monoisotopic (exact) mass is 174 g/mol. The summed E-state index contributed by atoms with van der Waals surface area (Å²) in [6.07, 6.45) is 0.524. The van der Waals surface area contributed by atoms with Crippen molar-refractivity contribution in [1.29, 1.82) is 0 Å². The second kappa shape index (κ2) is 3.56. The number of carbonyl (C=O) groups is 2. The second-order valence-electron chi connectivity index (χ2n) is 3.45. The van der Waals surface area contributed by atoms with Gasteiger partial charge in [0, 0.05) is 0 Å². The van der Waals surface area contributed by atoms with Crippen LogP contribution in [-0.2, 0) is 9.59 Å². The molecule has 0 heterocycles. The lowest BCUT2D eigenvalue weighted by atomic mass is 9.77. The summed E-state index contributed by atoms with van der Waals surface area (Å²) >= 11 is 0. The molecule has 0 aliphatic carbocycles. The molecular weight excluding hydrogens is 160 g/mol. The standard InChI is InChI=1S/C8H14O4/c1-4-8(2,3)5(6(9)10)7(11)12/h5H,4H2,1-3H3,(H,9,10)(H,11,12). The third kappa shape index (κ3) is 2.22. The molecule has 12 heavy (non-hydrogen) atoms. The van der Waals surface area contributed by atoms with Crippen molar-refractivity contribution in [1.82, 2.24) is 0 Å². The van der Waals surface area contributed by atoms with E-state index in [-0.39, 0.29) is 0 Å². The molecule has 0 aromatic carbocycles. The smallest absolute Gasteiger partial charge is 0.318 e. The van der Waals surface area contributed by atoms with Crippen molar-refractivity contribution in [3.8, 4) is 0 Å². The SMILES string of the molecule is CCC(C)(C)C(C(=O)O)C(=O)O. The van der Waals surface area contributed by atoms with Crippen molar-refractivity contribution in [2.45, 2.75) is 27.2 Å². The fourth-order valence-corrected chi connectivity index (χ4v) is 0.978. The molecule has 0 amide bonds. The van der Waals surface area contributed by atoms with E-state index in [1.165, 1.54) is 0 Å². The zero-order valence-electron chi connectivity index (χ0n) is 7.50. The highest BCUT2D eigenvalue weighted by Gasteiger charge is 2.39. The molecule has 0 aromatic heterocycles. The second-order valence-corrected chi connectivity index (χ2v) is 3.45. The predicted octanol–water partition coefficient (Wildman–Crippen LogP) is 1.21. The van der Waals surface area contributed by atoms with Crippen LogP contribution < -0.4 is 0 Å². The zero-order chi connectivity index (χ0) is 9.94. The van der Waals surface area contributed by atoms with E-state index in [2.05, 4.69) is 0 Å². The highest BCUT2D eigenvalue weighted by molar-refractivity contribution is 5.93. The fourth-order valence-electron chi connectivity index (χ4n) is 0.978. The molecule has 4 nitrogen and oxygen atoms in total. The Kier molecular flexibility index (Phi) is 3.24. The topological polar surface area (TPSA) is 74.6 Å². The van der Waals surface area contributed by atoms with E-state index >= 15 is 0 Å². The lowest BCUT2D eigenvalue weighted by Crippen LogP contribution is -2.36. The van der Waals surface area contributed by atoms with E-state index in [1.807, 2.05) is 0 Å². The molecule has 0 saturated heterocycles. The van der Waals surface area contributed by atoms with Crippen molar-refractivity contribution in [3.63, 3.8) is 0 Å². The van der Waals surface area contributed by atoms with Crippen LogP contribution in [-0.4, -0.2) is 22.2 Å². The van der Waals surface area contributed by atoms with E-state index < -0.39 is 23.3 Å². The van der Waals surface area contributed by atoms with Crippen LogP contribution in [0.5, 0.6) is 0 Å². The first-order valence-corrected chi connectivity index (χ1v) is 3.78. The Balaban J connectivity index is 4.74. The Morgan fingerprint density at radius 2 is 1.58 bits per heavy atom. The minimum Gasteiger partial charge on any atom is -0.481 e. The summed E-state index contributed by atoms with van der Waals surface area (Å²) < 4.78 is 0. The first kappa shape index (κ1) is 10.9. The first-order chi connectivity index (χ1) is 5.33. The third-order valence-electron chi connectivity index (χ3n) is 2.19. The van der Waals surface area contributed by atoms with Gasteiger partial charge in [-0.2, -0.15) is 0 Å². The van der Waals surface area contributed by atoms with Crippen molar-refractivity contribution in [2.75, 3.05) is 0 Å². The summed E-state index contributed by atoms with van der Waals surface area (Å²) in [6, 6.07) is 0. The lowest BCUT2D eigenvalue weighted by Gasteiger charge is -2.26. The van der Waals surface area contributed by atoms with Crippen LogP contribution in [0, 0.1) is 11.3 Å². The average Bonchev–Trinajstić information content (AvgIpc) is 1.84. The molecule has 0 saturated carbocycles. The summed E-state index contributed by atoms with van der Waals surface area (Å²) in [5.41, 5.74) is -0.697. The van der Waals surface area contributed by atoms with Gasteiger partial charge in [-0.1, -0.05) is 20.8 Å². The molecule has 0 aliphatic rings. The number of hydrogen-bond acceptors (Lipinski definition) is 2. The van der Waals surface area contributed by atoms with Gasteiger partial charge in [0.2, 0.25) is 0 Å². The van der Waals surface area contributed by atoms with Gasteiger partial charge in [-0.05, 0) is 11.8 Å². The molecule has 70 valence electrons. The van der Waals surface area contributed by atoms with Crippen LogP contribution in [0.15, 0.2) is 0 Å². The summed E-state index contributed by atoms with van der Waals surface area (Å²) in [5.74, 6) is -3.86. The van der Waals surface area contributed by atoms with Crippen LogP contribution in [0.4, 0.5) is 0 Å². The van der Waals surface area contributed by atoms with Gasteiger partial charge in [0.05, 0.1) is 0 Å². The van der Waals surface area contributed by atoms with Crippen molar-refractivity contribution in [3.05, 3.63) is 0 Å². The quantitative estimate of drug-likeness (QED) is 0.628. The molecule has 0 atom stereocenters. The van der Waals surface area contributed by atoms with Gasteiger partial charge >= 0.3 is 11.9 Å². The molecule has 0 unspecified atom stereocenters. The van der Waals surface area contributed by atoms with Crippen molar-refractivity contribution in [2.24, 2.45) is 11.3 Å². The van der Waals surface area contributed by atoms with Crippen LogP contribution >= 0.6 is 0 Å². The summed E-state index contributed by atoms with van der Waals surface area (Å²) in [6.45, 7) is 5.05. The van der Waals surface area contributed by atoms with E-state index in [0.717, 1.165) is 0 Å². The van der Waals surface area contributed by atoms with Crippen LogP contribution in [0.25, 0.3) is 0 Å². The summed E-state index contributed by atoms with van der Waals surface area (Å²) in [4.78, 5) is 21.1. The maximum atomic E-state index is 10.6. The third-order valence-corrected chi connectivity index (χ3v) is 2.19. The Labute approximate surface area is 71.2 Å². The fraction of sp³-hybridized carbons (Fsp3) is 0.750. The van der Waals surface area contributed by atoms with Crippen LogP contribution in [0.1, 0.15) is 27.2 Å². The minimum absolute atomic E-state index is 0.524. The molecule has 0 rings (SSSR count). The maximum absolute atomic E-state index is 10.6. The van der Waals surface area contributed by atoms with Gasteiger partial charge in [0.15, 0.2) is 5.92 Å². The van der Waals surface area contributed by atoms with Gasteiger partial charge in [0.25, 0.3) is 0 Å². The Bertz CT molecular complexity index is 181. The Hall–Kier alpha value is -1.06. The van der Waals surface area contributed by atoms with E-state index in [1.54, 1.807) is 20.8 Å². The van der Waals surface area contributed by atoms with Gasteiger partial charge in [-0.25, -0.2) is 0 Å². The normalized spacial score (nSPS) is 11.7.